The smallest absolute Gasteiger partial charge is 0.192 e. The third-order valence-corrected chi connectivity index (χ3v) is 18.5. The third-order valence-electron chi connectivity index (χ3n) is 9.28. The lowest BCUT2D eigenvalue weighted by Gasteiger charge is -2.42. The predicted molar refractivity (Wildman–Crippen MR) is 176 cm³/mol. The maximum Gasteiger partial charge on any atom is 0.192 e. The second kappa shape index (κ2) is 18.6. The van der Waals surface area contributed by atoms with Crippen LogP contribution in [0.3, 0.4) is 0 Å². The van der Waals surface area contributed by atoms with Crippen LogP contribution in [0, 0.1) is 5.92 Å². The second-order valence-corrected chi connectivity index (χ2v) is 22.6. The normalized spacial score (nSPS) is 15.8. The van der Waals surface area contributed by atoms with E-state index in [0.29, 0.717) is 19.6 Å². The Kier molecular flexibility index (Phi) is 17.2. The highest BCUT2D eigenvalue weighted by Gasteiger charge is 2.41. The van der Waals surface area contributed by atoms with E-state index in [2.05, 4.69) is 73.7 Å². The average molecular weight is 611 g/mol. The fourth-order valence-electron chi connectivity index (χ4n) is 5.00. The Labute approximate surface area is 254 Å². The maximum atomic E-state index is 11.1. The molecule has 8 heteroatoms. The van der Waals surface area contributed by atoms with E-state index in [1.807, 2.05) is 12.1 Å². The fourth-order valence-corrected chi connectivity index (χ4v) is 9.37. The van der Waals surface area contributed by atoms with E-state index in [1.165, 1.54) is 0 Å². The highest BCUT2D eigenvalue weighted by atomic mass is 28.4. The van der Waals surface area contributed by atoms with E-state index < -0.39 is 16.6 Å². The van der Waals surface area contributed by atoms with Crippen molar-refractivity contribution in [2.75, 3.05) is 20.8 Å². The van der Waals surface area contributed by atoms with Gasteiger partial charge < -0.3 is 27.9 Å². The van der Waals surface area contributed by atoms with Crippen LogP contribution in [-0.4, -0.2) is 62.1 Å². The van der Waals surface area contributed by atoms with E-state index in [0.717, 1.165) is 61.4 Å². The quantitative estimate of drug-likeness (QED) is 0.0966. The molecule has 0 saturated carbocycles. The number of aldehydes is 1. The fraction of sp³-hybridized carbons (Fsp3) is 0.788. The first-order valence-corrected chi connectivity index (χ1v) is 21.3. The molecule has 41 heavy (non-hydrogen) atoms. The van der Waals surface area contributed by atoms with Crippen LogP contribution in [0.2, 0.25) is 36.3 Å². The van der Waals surface area contributed by atoms with Crippen molar-refractivity contribution in [1.82, 2.24) is 0 Å². The molecule has 0 spiro atoms. The summed E-state index contributed by atoms with van der Waals surface area (Å²) in [5.74, 6) is 1.09. The molecule has 0 aliphatic heterocycles. The number of benzene rings is 1. The van der Waals surface area contributed by atoms with Crippen molar-refractivity contribution in [2.45, 2.75) is 142 Å². The second-order valence-electron chi connectivity index (χ2n) is 13.2. The largest absolute Gasteiger partial charge is 0.497 e. The number of ether oxygens (including phenoxy) is 3. The molecule has 1 aromatic carbocycles. The summed E-state index contributed by atoms with van der Waals surface area (Å²) in [5, 5.41) is 0.121. The van der Waals surface area contributed by atoms with Gasteiger partial charge in [0.2, 0.25) is 0 Å². The van der Waals surface area contributed by atoms with Crippen LogP contribution in [-0.2, 0) is 29.7 Å². The van der Waals surface area contributed by atoms with E-state index in [1.54, 1.807) is 14.2 Å². The first kappa shape index (κ1) is 38.0. The van der Waals surface area contributed by atoms with Gasteiger partial charge in [-0.2, -0.15) is 0 Å². The monoisotopic (exact) mass is 610 g/mol. The Morgan fingerprint density at radius 3 is 1.98 bits per heavy atom. The van der Waals surface area contributed by atoms with Crippen molar-refractivity contribution in [3.05, 3.63) is 29.8 Å². The topological polar surface area (TPSA) is 63.2 Å². The summed E-state index contributed by atoms with van der Waals surface area (Å²) in [6, 6.07) is 11.4. The zero-order chi connectivity index (χ0) is 31.1. The minimum atomic E-state index is -2.00. The molecule has 0 saturated heterocycles. The Morgan fingerprint density at radius 2 is 1.49 bits per heavy atom. The van der Waals surface area contributed by atoms with Gasteiger partial charge in [-0.1, -0.05) is 60.6 Å². The summed E-state index contributed by atoms with van der Waals surface area (Å²) < 4.78 is 31.4. The highest BCUT2D eigenvalue weighted by molar-refractivity contribution is 6.74. The summed E-state index contributed by atoms with van der Waals surface area (Å²) in [7, 11) is -0.484. The molecule has 6 nitrogen and oxygen atoms in total. The average Bonchev–Trinajstić information content (AvgIpc) is 2.94. The Balaban J connectivity index is 3.13. The number of carbonyl (C=O) groups excluding carboxylic acids is 1. The van der Waals surface area contributed by atoms with Crippen LogP contribution < -0.4 is 4.74 Å². The molecule has 238 valence electrons. The van der Waals surface area contributed by atoms with Crippen molar-refractivity contribution in [3.8, 4) is 5.75 Å². The SMILES string of the molecule is CC[Si](CC)(CC)O[C@@H](C[C@@H](CCC[C@@H](CC=O)OC)O[Si](C)(C)C(C)(C)C)[C@H](C)COCc1ccc(OC)cc1. The lowest BCUT2D eigenvalue weighted by atomic mass is 9.96. The molecule has 0 amide bonds. The Bertz CT molecular complexity index is 827. The summed E-state index contributed by atoms with van der Waals surface area (Å²) in [5.41, 5.74) is 1.14. The summed E-state index contributed by atoms with van der Waals surface area (Å²) in [6.07, 6.45) is 5.14. The molecule has 0 N–H and O–H groups in total. The van der Waals surface area contributed by atoms with Gasteiger partial charge in [0, 0.05) is 25.6 Å². The van der Waals surface area contributed by atoms with Crippen molar-refractivity contribution in [3.63, 3.8) is 0 Å². The van der Waals surface area contributed by atoms with Gasteiger partial charge in [0.1, 0.15) is 12.0 Å². The Morgan fingerprint density at radius 1 is 0.902 bits per heavy atom. The number of hydrogen-bond acceptors (Lipinski definition) is 6. The molecule has 0 heterocycles. The molecule has 4 atom stereocenters. The molecule has 0 aromatic heterocycles. The van der Waals surface area contributed by atoms with Gasteiger partial charge >= 0.3 is 0 Å². The molecular formula is C33H62O6Si2. The van der Waals surface area contributed by atoms with E-state index in [-0.39, 0.29) is 29.3 Å². The molecule has 0 fully saturated rings. The summed E-state index contributed by atoms with van der Waals surface area (Å²) in [4.78, 5) is 11.1. The predicted octanol–water partition coefficient (Wildman–Crippen LogP) is 8.79. The molecule has 0 unspecified atom stereocenters. The summed E-state index contributed by atoms with van der Waals surface area (Å²) in [6.45, 7) is 21.9. The van der Waals surface area contributed by atoms with Crippen LogP contribution in [0.1, 0.15) is 86.1 Å². The minimum Gasteiger partial charge on any atom is -0.497 e. The molecule has 0 aliphatic carbocycles. The van der Waals surface area contributed by atoms with Crippen molar-refractivity contribution in [1.29, 1.82) is 0 Å². The van der Waals surface area contributed by atoms with Crippen LogP contribution >= 0.6 is 0 Å². The van der Waals surface area contributed by atoms with Gasteiger partial charge in [-0.15, -0.1) is 0 Å². The third kappa shape index (κ3) is 13.0. The lowest BCUT2D eigenvalue weighted by molar-refractivity contribution is -0.110. The van der Waals surface area contributed by atoms with Crippen LogP contribution in [0.15, 0.2) is 24.3 Å². The van der Waals surface area contributed by atoms with Gasteiger partial charge in [-0.3, -0.25) is 0 Å². The van der Waals surface area contributed by atoms with Crippen molar-refractivity contribution in [2.24, 2.45) is 5.92 Å². The number of carbonyl (C=O) groups is 1. The summed E-state index contributed by atoms with van der Waals surface area (Å²) >= 11 is 0. The Hall–Kier alpha value is -1.04. The van der Waals surface area contributed by atoms with Gasteiger partial charge in [-0.25, -0.2) is 0 Å². The van der Waals surface area contributed by atoms with E-state index in [9.17, 15) is 4.79 Å². The van der Waals surface area contributed by atoms with Crippen LogP contribution in [0.25, 0.3) is 0 Å². The molecule has 1 aromatic rings. The van der Waals surface area contributed by atoms with Crippen LogP contribution in [0.4, 0.5) is 0 Å². The zero-order valence-corrected chi connectivity index (χ0v) is 30.2. The van der Waals surface area contributed by atoms with E-state index in [4.69, 9.17) is 23.1 Å². The van der Waals surface area contributed by atoms with Gasteiger partial charge in [0.15, 0.2) is 16.6 Å². The highest BCUT2D eigenvalue weighted by Crippen LogP contribution is 2.39. The number of methoxy groups -OCH3 is 2. The standard InChI is InChI=1S/C33H62O6Si2/c1-12-41(13-2,14-3)39-32(27(4)25-37-26-28-18-20-30(36-9)21-19-28)24-31(38-40(10,11)33(5,6)7)17-15-16-29(35-8)22-23-34/h18-21,23,27,29,31-32H,12-17,22,24-26H2,1-11H3/t27-,29+,31-,32+/m1/s1. The first-order valence-electron chi connectivity index (χ1n) is 15.8. The van der Waals surface area contributed by atoms with E-state index >= 15 is 0 Å². The molecule has 0 radical (unpaired) electrons. The minimum absolute atomic E-state index is 0.0290. The van der Waals surface area contributed by atoms with Gasteiger partial charge in [0.25, 0.3) is 0 Å². The number of rotatable bonds is 22. The first-order chi connectivity index (χ1) is 19.3. The number of hydrogen-bond donors (Lipinski definition) is 0. The van der Waals surface area contributed by atoms with Gasteiger partial charge in [-0.05, 0) is 79.6 Å². The van der Waals surface area contributed by atoms with Crippen molar-refractivity contribution >= 4 is 22.9 Å². The molecule has 1 rings (SSSR count). The van der Waals surface area contributed by atoms with Crippen molar-refractivity contribution < 1.29 is 27.9 Å². The molecular weight excluding hydrogens is 549 g/mol. The molecule has 0 bridgehead atoms. The van der Waals surface area contributed by atoms with Gasteiger partial charge in [0.05, 0.1) is 32.5 Å². The van der Waals surface area contributed by atoms with Crippen LogP contribution in [0.5, 0.6) is 5.75 Å². The zero-order valence-electron chi connectivity index (χ0n) is 28.2. The molecule has 0 aliphatic rings. The maximum absolute atomic E-state index is 11.1. The lowest BCUT2D eigenvalue weighted by Crippen LogP contribution is -2.47.